The molecule has 2 amide bonds. The van der Waals surface area contributed by atoms with E-state index in [2.05, 4.69) is 21.2 Å². The SMILES string of the molecule is N=C1CCC/C=C(/c2ccc(C3(C(N)=NC(=O)c4cnn(CC(=O)N5CCC(O)C5)c4)CCC3)cc2)C=N1. The summed E-state index contributed by atoms with van der Waals surface area (Å²) in [6.07, 6.45) is 12.0. The second-order valence-electron chi connectivity index (χ2n) is 10.3. The van der Waals surface area contributed by atoms with Crippen molar-refractivity contribution in [3.8, 4) is 0 Å². The van der Waals surface area contributed by atoms with E-state index < -0.39 is 17.4 Å². The van der Waals surface area contributed by atoms with Crippen molar-refractivity contribution in [2.75, 3.05) is 13.1 Å². The lowest BCUT2D eigenvalue weighted by Crippen LogP contribution is -2.47. The highest BCUT2D eigenvalue weighted by Crippen LogP contribution is 2.44. The maximum atomic E-state index is 12.9. The molecule has 3 aliphatic rings. The van der Waals surface area contributed by atoms with Crippen molar-refractivity contribution in [3.05, 3.63) is 59.4 Å². The summed E-state index contributed by atoms with van der Waals surface area (Å²) in [4.78, 5) is 35.5. The molecule has 0 radical (unpaired) electrons. The summed E-state index contributed by atoms with van der Waals surface area (Å²) in [5.41, 5.74) is 9.29. The van der Waals surface area contributed by atoms with E-state index in [1.165, 1.54) is 17.1 Å². The first-order chi connectivity index (χ1) is 18.3. The molecule has 2 fully saturated rings. The summed E-state index contributed by atoms with van der Waals surface area (Å²) < 4.78 is 1.42. The second kappa shape index (κ2) is 10.8. The highest BCUT2D eigenvalue weighted by molar-refractivity contribution is 6.13. The number of likely N-dealkylation sites (tertiary alicyclic amines) is 1. The van der Waals surface area contributed by atoms with Crippen molar-refractivity contribution in [2.45, 2.75) is 63.0 Å². The first-order valence-electron chi connectivity index (χ1n) is 13.1. The number of nitrogens with two attached hydrogens (primary N) is 1. The summed E-state index contributed by atoms with van der Waals surface area (Å²) in [7, 11) is 0. The van der Waals surface area contributed by atoms with Crippen molar-refractivity contribution >= 4 is 35.3 Å². The summed E-state index contributed by atoms with van der Waals surface area (Å²) >= 11 is 0. The number of carbonyl (C=O) groups excluding carboxylic acids is 2. The first-order valence-corrected chi connectivity index (χ1v) is 13.1. The van der Waals surface area contributed by atoms with E-state index in [-0.39, 0.29) is 23.9 Å². The molecule has 2 aromatic rings. The molecule has 1 aliphatic carbocycles. The van der Waals surface area contributed by atoms with Gasteiger partial charge in [-0.05, 0) is 48.8 Å². The molecule has 10 heteroatoms. The smallest absolute Gasteiger partial charge is 0.281 e. The number of carbonyl (C=O) groups is 2. The quantitative estimate of drug-likeness (QED) is 0.399. The van der Waals surface area contributed by atoms with Gasteiger partial charge in [-0.2, -0.15) is 10.1 Å². The molecular weight excluding hydrogens is 482 g/mol. The third-order valence-electron chi connectivity index (χ3n) is 7.73. The van der Waals surface area contributed by atoms with E-state index in [4.69, 9.17) is 11.1 Å². The number of nitrogens with zero attached hydrogens (tertiary/aromatic N) is 5. The number of amidine groups is 2. The van der Waals surface area contributed by atoms with Crippen LogP contribution >= 0.6 is 0 Å². The Hall–Kier alpha value is -3.92. The van der Waals surface area contributed by atoms with E-state index in [0.717, 1.165) is 48.8 Å². The number of aliphatic imine (C=N–C) groups is 2. The Morgan fingerprint density at radius 3 is 2.68 bits per heavy atom. The van der Waals surface area contributed by atoms with Gasteiger partial charge in [0.15, 0.2) is 0 Å². The fourth-order valence-electron chi connectivity index (χ4n) is 5.24. The molecule has 3 heterocycles. The van der Waals surface area contributed by atoms with Gasteiger partial charge in [-0.1, -0.05) is 36.8 Å². The van der Waals surface area contributed by atoms with Crippen LogP contribution in [-0.2, 0) is 16.8 Å². The van der Waals surface area contributed by atoms with Gasteiger partial charge in [-0.3, -0.25) is 19.7 Å². The van der Waals surface area contributed by atoms with Crippen LogP contribution < -0.4 is 5.73 Å². The van der Waals surface area contributed by atoms with Crippen LogP contribution in [0.4, 0.5) is 0 Å². The molecule has 1 atom stereocenters. The number of nitrogens with one attached hydrogen (secondary N) is 1. The molecule has 1 saturated heterocycles. The Balaban J connectivity index is 1.28. The second-order valence-corrected chi connectivity index (χ2v) is 10.3. The molecule has 0 spiro atoms. The van der Waals surface area contributed by atoms with Crippen LogP contribution in [0.3, 0.4) is 0 Å². The Bertz CT molecular complexity index is 1320. The number of β-amino-alcohol motifs (C(OH)–C–C–N with tert-alkyl or cyclic N) is 1. The molecule has 1 aromatic heterocycles. The fourth-order valence-corrected chi connectivity index (χ4v) is 5.24. The van der Waals surface area contributed by atoms with Crippen LogP contribution in [0.1, 0.15) is 66.4 Å². The first kappa shape index (κ1) is 25.7. The number of hydrogen-bond acceptors (Lipinski definition) is 5. The molecule has 1 aromatic carbocycles. The lowest BCUT2D eigenvalue weighted by atomic mass is 9.63. The zero-order valence-electron chi connectivity index (χ0n) is 21.3. The van der Waals surface area contributed by atoms with E-state index in [1.807, 2.05) is 24.3 Å². The number of hydrogen-bond donors (Lipinski definition) is 3. The molecule has 10 nitrogen and oxygen atoms in total. The Morgan fingerprint density at radius 1 is 1.21 bits per heavy atom. The predicted octanol–water partition coefficient (Wildman–Crippen LogP) is 2.71. The zero-order chi connectivity index (χ0) is 26.7. The Labute approximate surface area is 221 Å². The molecule has 1 unspecified atom stereocenters. The summed E-state index contributed by atoms with van der Waals surface area (Å²) in [5.74, 6) is 0.0525. The predicted molar refractivity (Wildman–Crippen MR) is 145 cm³/mol. The molecule has 38 heavy (non-hydrogen) atoms. The van der Waals surface area contributed by atoms with Crippen LogP contribution in [0.15, 0.2) is 52.7 Å². The molecule has 0 bridgehead atoms. The van der Waals surface area contributed by atoms with Gasteiger partial charge in [0.05, 0.1) is 23.3 Å². The normalized spacial score (nSPS) is 22.8. The molecular formula is C28H33N7O3. The highest BCUT2D eigenvalue weighted by Gasteiger charge is 2.43. The largest absolute Gasteiger partial charge is 0.391 e. The molecule has 1 saturated carbocycles. The minimum atomic E-state index is -0.487. The molecule has 198 valence electrons. The van der Waals surface area contributed by atoms with Crippen molar-refractivity contribution in [1.82, 2.24) is 14.7 Å². The van der Waals surface area contributed by atoms with Gasteiger partial charge in [-0.25, -0.2) is 4.99 Å². The van der Waals surface area contributed by atoms with Crippen LogP contribution in [0.5, 0.6) is 0 Å². The highest BCUT2D eigenvalue weighted by atomic mass is 16.3. The molecule has 2 aliphatic heterocycles. The molecule has 4 N–H and O–H groups in total. The molecule has 5 rings (SSSR count). The van der Waals surface area contributed by atoms with Crippen LogP contribution in [0.2, 0.25) is 0 Å². The van der Waals surface area contributed by atoms with Gasteiger partial charge in [0.25, 0.3) is 5.91 Å². The summed E-state index contributed by atoms with van der Waals surface area (Å²) in [6.45, 7) is 0.844. The van der Waals surface area contributed by atoms with Gasteiger partial charge in [-0.15, -0.1) is 0 Å². The maximum absolute atomic E-state index is 12.9. The van der Waals surface area contributed by atoms with Gasteiger partial charge >= 0.3 is 0 Å². The number of aromatic nitrogens is 2. The number of aliphatic hydroxyl groups is 1. The van der Waals surface area contributed by atoms with Gasteiger partial charge in [0.2, 0.25) is 5.91 Å². The fraction of sp³-hybridized carbons (Fsp3) is 0.429. The summed E-state index contributed by atoms with van der Waals surface area (Å²) in [5, 5.41) is 21.7. The Morgan fingerprint density at radius 2 is 2.00 bits per heavy atom. The van der Waals surface area contributed by atoms with Crippen molar-refractivity contribution in [3.63, 3.8) is 0 Å². The third-order valence-corrected chi connectivity index (χ3v) is 7.73. The number of benzene rings is 1. The van der Waals surface area contributed by atoms with Gasteiger partial charge in [0, 0.05) is 31.9 Å². The van der Waals surface area contributed by atoms with Crippen molar-refractivity contribution < 1.29 is 14.7 Å². The van der Waals surface area contributed by atoms with Crippen molar-refractivity contribution in [1.29, 1.82) is 5.41 Å². The van der Waals surface area contributed by atoms with Crippen LogP contribution in [-0.4, -0.2) is 68.7 Å². The van der Waals surface area contributed by atoms with Crippen LogP contribution in [0.25, 0.3) is 5.57 Å². The number of amides is 2. The van der Waals surface area contributed by atoms with E-state index in [0.29, 0.717) is 31.8 Å². The monoisotopic (exact) mass is 515 g/mol. The minimum absolute atomic E-state index is 0.00222. The lowest BCUT2D eigenvalue weighted by molar-refractivity contribution is -0.131. The summed E-state index contributed by atoms with van der Waals surface area (Å²) in [6, 6.07) is 8.15. The van der Waals surface area contributed by atoms with Gasteiger partial charge < -0.3 is 15.7 Å². The van der Waals surface area contributed by atoms with E-state index >= 15 is 0 Å². The van der Waals surface area contributed by atoms with E-state index in [1.54, 1.807) is 11.1 Å². The number of allylic oxidation sites excluding steroid dienone is 2. The number of rotatable bonds is 6. The van der Waals surface area contributed by atoms with Gasteiger partial charge in [0.1, 0.15) is 18.2 Å². The minimum Gasteiger partial charge on any atom is -0.391 e. The van der Waals surface area contributed by atoms with Crippen molar-refractivity contribution in [2.24, 2.45) is 15.7 Å². The Kier molecular flexibility index (Phi) is 7.33. The average Bonchev–Trinajstić information content (AvgIpc) is 3.51. The topological polar surface area (TPSA) is 150 Å². The third kappa shape index (κ3) is 5.35. The average molecular weight is 516 g/mol. The number of aliphatic hydroxyl groups excluding tert-OH is 1. The van der Waals surface area contributed by atoms with E-state index in [9.17, 15) is 14.7 Å². The maximum Gasteiger partial charge on any atom is 0.281 e. The van der Waals surface area contributed by atoms with Crippen LogP contribution in [0, 0.1) is 5.41 Å². The lowest BCUT2D eigenvalue weighted by Gasteiger charge is -2.41. The zero-order valence-corrected chi connectivity index (χ0v) is 21.3. The standard InChI is InChI=1S/C28H33N7O3/c29-24-5-2-1-4-20(14-31-24)19-6-8-22(9-7-19)28(11-3-12-28)27(30)33-26(38)21-15-32-35(16-21)18-25(37)34-13-10-23(36)17-34/h4,6-9,14-16,23,29,36H,1-3,5,10-13,17-18H2,(H2,30,33,38)/b20-4+,29-24?,31-14?.